The Labute approximate surface area is 172 Å². The van der Waals surface area contributed by atoms with E-state index in [1.54, 1.807) is 6.92 Å². The molecule has 1 aromatic carbocycles. The lowest BCUT2D eigenvalue weighted by molar-refractivity contribution is -0.386. The van der Waals surface area contributed by atoms with Gasteiger partial charge in [0, 0.05) is 11.6 Å². The largest absolute Gasteiger partial charge is 0.483 e. The highest BCUT2D eigenvalue weighted by atomic mass is 35.5. The lowest BCUT2D eigenvalue weighted by Gasteiger charge is -2.14. The van der Waals surface area contributed by atoms with Gasteiger partial charge in [0.25, 0.3) is 11.8 Å². The lowest BCUT2D eigenvalue weighted by atomic mass is 9.85. The van der Waals surface area contributed by atoms with Crippen LogP contribution in [0, 0.1) is 33.8 Å². The van der Waals surface area contributed by atoms with Crippen molar-refractivity contribution in [3.63, 3.8) is 0 Å². The molecule has 0 spiro atoms. The van der Waals surface area contributed by atoms with E-state index in [-0.39, 0.29) is 58.0 Å². The number of ether oxygens (including phenoxy) is 1. The number of carbonyl (C=O) groups is 2. The van der Waals surface area contributed by atoms with E-state index >= 15 is 0 Å². The van der Waals surface area contributed by atoms with Crippen LogP contribution in [0.2, 0.25) is 5.02 Å². The zero-order valence-electron chi connectivity index (χ0n) is 15.9. The Morgan fingerprint density at radius 2 is 1.93 bits per heavy atom. The molecule has 0 N–H and O–H groups in total. The molecule has 8 nitrogen and oxygen atoms in total. The molecule has 0 aromatic heterocycles. The van der Waals surface area contributed by atoms with Crippen molar-refractivity contribution in [3.05, 3.63) is 45.0 Å². The molecule has 0 radical (unpaired) electrons. The first-order chi connectivity index (χ1) is 13.8. The normalized spacial score (nSPS) is 28.4. The van der Waals surface area contributed by atoms with Crippen LogP contribution in [0.15, 0.2) is 29.4 Å². The minimum Gasteiger partial charge on any atom is -0.483 e. The third-order valence-electron chi connectivity index (χ3n) is 5.91. The summed E-state index contributed by atoms with van der Waals surface area (Å²) < 4.78 is 5.59. The van der Waals surface area contributed by atoms with Crippen molar-refractivity contribution in [2.24, 2.45) is 28.8 Å². The minimum absolute atomic E-state index is 0.00586. The monoisotopic (exact) mass is 417 g/mol. The van der Waals surface area contributed by atoms with Gasteiger partial charge in [-0.15, -0.1) is 0 Å². The molecular formula is C20H20ClN3O5. The number of nitro benzene ring substituents is 1. The van der Waals surface area contributed by atoms with Crippen LogP contribution < -0.4 is 4.74 Å². The molecule has 2 aliphatic carbocycles. The minimum atomic E-state index is -0.582. The van der Waals surface area contributed by atoms with Crippen molar-refractivity contribution in [1.29, 1.82) is 0 Å². The SMILES string of the molecule is CC[C@@H](C)Oc1c(Cl)cc(C=NN2C(=O)[C@@H]3[C@H](C2=O)[C@H]2C=C[C@H]3C2)cc1[N+](=O)[O-]. The van der Waals surface area contributed by atoms with E-state index in [4.69, 9.17) is 16.3 Å². The molecule has 29 heavy (non-hydrogen) atoms. The summed E-state index contributed by atoms with van der Waals surface area (Å²) in [4.78, 5) is 36.2. The molecule has 0 unspecified atom stereocenters. The van der Waals surface area contributed by atoms with Crippen LogP contribution in [-0.2, 0) is 9.59 Å². The first kappa shape index (κ1) is 19.6. The average Bonchev–Trinajstić information content (AvgIpc) is 3.36. The van der Waals surface area contributed by atoms with Gasteiger partial charge in [0.1, 0.15) is 0 Å². The van der Waals surface area contributed by atoms with Crippen LogP contribution in [0.3, 0.4) is 0 Å². The van der Waals surface area contributed by atoms with Gasteiger partial charge >= 0.3 is 5.69 Å². The average molecular weight is 418 g/mol. The van der Waals surface area contributed by atoms with Gasteiger partial charge in [-0.05, 0) is 37.7 Å². The van der Waals surface area contributed by atoms with E-state index in [9.17, 15) is 19.7 Å². The van der Waals surface area contributed by atoms with E-state index in [1.165, 1.54) is 18.3 Å². The Balaban J connectivity index is 1.60. The number of hydrogen-bond acceptors (Lipinski definition) is 6. The van der Waals surface area contributed by atoms with Gasteiger partial charge in [-0.2, -0.15) is 10.1 Å². The molecule has 1 saturated heterocycles. The van der Waals surface area contributed by atoms with Crippen molar-refractivity contribution in [1.82, 2.24) is 5.01 Å². The van der Waals surface area contributed by atoms with E-state index in [0.717, 1.165) is 11.4 Å². The highest BCUT2D eigenvalue weighted by molar-refractivity contribution is 6.32. The number of hydrogen-bond donors (Lipinski definition) is 0. The number of nitrogens with zero attached hydrogens (tertiary/aromatic N) is 3. The molecule has 152 valence electrons. The summed E-state index contributed by atoms with van der Waals surface area (Å²) >= 11 is 6.21. The molecule has 4 rings (SSSR count). The molecular weight excluding hydrogens is 398 g/mol. The molecule has 1 aliphatic heterocycles. The fourth-order valence-electron chi connectivity index (χ4n) is 4.34. The molecule has 1 saturated carbocycles. The first-order valence-corrected chi connectivity index (χ1v) is 9.94. The van der Waals surface area contributed by atoms with Crippen LogP contribution in [0.1, 0.15) is 32.3 Å². The second-order valence-electron chi connectivity index (χ2n) is 7.68. The van der Waals surface area contributed by atoms with Crippen molar-refractivity contribution in [2.45, 2.75) is 32.8 Å². The van der Waals surface area contributed by atoms with Crippen molar-refractivity contribution >= 4 is 35.3 Å². The zero-order chi connectivity index (χ0) is 20.9. The van der Waals surface area contributed by atoms with Crippen LogP contribution in [0.5, 0.6) is 5.75 Å². The Morgan fingerprint density at radius 3 is 2.48 bits per heavy atom. The maximum Gasteiger partial charge on any atom is 0.313 e. The van der Waals surface area contributed by atoms with Crippen LogP contribution in [0.25, 0.3) is 0 Å². The summed E-state index contributed by atoms with van der Waals surface area (Å²) in [5.41, 5.74) is 0.00870. The number of imide groups is 1. The zero-order valence-corrected chi connectivity index (χ0v) is 16.7. The maximum absolute atomic E-state index is 12.7. The standard InChI is InChI=1S/C20H20ClN3O5/c1-3-10(2)29-18-14(21)6-11(7-15(18)24(27)28)9-22-23-19(25)16-12-4-5-13(8-12)17(16)20(23)26/h4-7,9-10,12-13,16-17H,3,8H2,1-2H3/t10-,12+,13+,16-,17+/m1/s1. The molecule has 2 amide bonds. The van der Waals surface area contributed by atoms with E-state index in [2.05, 4.69) is 5.10 Å². The number of halogens is 1. The predicted octanol–water partition coefficient (Wildman–Crippen LogP) is 3.57. The van der Waals surface area contributed by atoms with Crippen LogP contribution in [0.4, 0.5) is 5.69 Å². The predicted molar refractivity (Wildman–Crippen MR) is 106 cm³/mol. The fourth-order valence-corrected chi connectivity index (χ4v) is 4.60. The Kier molecular flexibility index (Phi) is 4.90. The number of amides is 2. The van der Waals surface area contributed by atoms with Crippen LogP contribution >= 0.6 is 11.6 Å². The Bertz CT molecular complexity index is 930. The molecule has 1 heterocycles. The topological polar surface area (TPSA) is 102 Å². The van der Waals surface area contributed by atoms with Gasteiger partial charge in [0.05, 0.1) is 34.1 Å². The maximum atomic E-state index is 12.7. The molecule has 2 bridgehead atoms. The number of allylic oxidation sites excluding steroid dienone is 2. The molecule has 1 aromatic rings. The van der Waals surface area contributed by atoms with Gasteiger partial charge in [0.15, 0.2) is 0 Å². The number of hydrazone groups is 1. The molecule has 2 fully saturated rings. The van der Waals surface area contributed by atoms with Crippen molar-refractivity contribution in [3.8, 4) is 5.75 Å². The summed E-state index contributed by atoms with van der Waals surface area (Å²) in [6.07, 6.45) is 6.51. The number of benzene rings is 1. The van der Waals surface area contributed by atoms with E-state index < -0.39 is 4.92 Å². The van der Waals surface area contributed by atoms with Crippen molar-refractivity contribution in [2.75, 3.05) is 0 Å². The van der Waals surface area contributed by atoms with Gasteiger partial charge in [-0.25, -0.2) is 0 Å². The highest BCUT2D eigenvalue weighted by Crippen LogP contribution is 2.52. The van der Waals surface area contributed by atoms with Crippen molar-refractivity contribution < 1.29 is 19.2 Å². The quantitative estimate of drug-likeness (QED) is 0.231. The summed E-state index contributed by atoms with van der Waals surface area (Å²) in [5, 5.41) is 16.5. The van der Waals surface area contributed by atoms with Gasteiger partial charge < -0.3 is 4.74 Å². The smallest absolute Gasteiger partial charge is 0.313 e. The van der Waals surface area contributed by atoms with Gasteiger partial charge in [0.2, 0.25) is 5.75 Å². The fraction of sp³-hybridized carbons (Fsp3) is 0.450. The molecule has 9 heteroatoms. The first-order valence-electron chi connectivity index (χ1n) is 9.56. The summed E-state index contributed by atoms with van der Waals surface area (Å²) in [6, 6.07) is 2.73. The second-order valence-corrected chi connectivity index (χ2v) is 8.08. The van der Waals surface area contributed by atoms with Gasteiger partial charge in [-0.1, -0.05) is 30.7 Å². The van der Waals surface area contributed by atoms with E-state index in [1.807, 2.05) is 19.1 Å². The molecule has 5 atom stereocenters. The Hall–Kier alpha value is -2.74. The number of nitro groups is 1. The van der Waals surface area contributed by atoms with Gasteiger partial charge in [-0.3, -0.25) is 19.7 Å². The lowest BCUT2D eigenvalue weighted by Crippen LogP contribution is -2.28. The third-order valence-corrected chi connectivity index (χ3v) is 6.19. The molecule has 3 aliphatic rings. The Morgan fingerprint density at radius 1 is 1.31 bits per heavy atom. The second kappa shape index (κ2) is 7.26. The summed E-state index contributed by atoms with van der Waals surface area (Å²) in [6.45, 7) is 3.69. The van der Waals surface area contributed by atoms with Crippen LogP contribution in [-0.4, -0.2) is 34.1 Å². The third kappa shape index (κ3) is 3.21. The van der Waals surface area contributed by atoms with E-state index in [0.29, 0.717) is 12.0 Å². The number of carbonyl (C=O) groups excluding carboxylic acids is 2. The highest BCUT2D eigenvalue weighted by Gasteiger charge is 2.59. The number of rotatable bonds is 6. The summed E-state index contributed by atoms with van der Waals surface area (Å²) in [5.74, 6) is -1.15. The number of fused-ring (bicyclic) bond motifs is 5. The summed E-state index contributed by atoms with van der Waals surface area (Å²) in [7, 11) is 0.